The lowest BCUT2D eigenvalue weighted by Crippen LogP contribution is -1.99. The van der Waals surface area contributed by atoms with E-state index in [1.807, 2.05) is 54.1 Å². The molecule has 0 saturated carbocycles. The summed E-state index contributed by atoms with van der Waals surface area (Å²) in [5.74, 6) is 0. The highest BCUT2D eigenvalue weighted by Gasteiger charge is 2.17. The van der Waals surface area contributed by atoms with Crippen molar-refractivity contribution in [3.63, 3.8) is 0 Å². The number of hydrazone groups is 1. The first kappa shape index (κ1) is 19.5. The lowest BCUT2D eigenvalue weighted by molar-refractivity contribution is -0.394. The van der Waals surface area contributed by atoms with Crippen molar-refractivity contribution >= 4 is 35.4 Å². The maximum Gasteiger partial charge on any atom is 0.283 e. The van der Waals surface area contributed by atoms with Gasteiger partial charge in [-0.05, 0) is 42.5 Å². The summed E-state index contributed by atoms with van der Waals surface area (Å²) < 4.78 is 1.86. The topological polar surface area (TPSA) is 116 Å². The Hall–Kier alpha value is -4.27. The molecule has 0 spiro atoms. The van der Waals surface area contributed by atoms with Crippen molar-refractivity contribution in [3.05, 3.63) is 97.8 Å². The van der Waals surface area contributed by atoms with Crippen LogP contribution in [-0.2, 0) is 7.05 Å². The number of nitro groups is 2. The van der Waals surface area contributed by atoms with E-state index < -0.39 is 9.85 Å². The predicted molar refractivity (Wildman–Crippen MR) is 112 cm³/mol. The molecule has 3 aromatic rings. The molecule has 0 aliphatic carbocycles. The summed E-state index contributed by atoms with van der Waals surface area (Å²) in [6, 6.07) is 16.8. The van der Waals surface area contributed by atoms with Gasteiger partial charge in [0.15, 0.2) is 0 Å². The maximum atomic E-state index is 11.2. The van der Waals surface area contributed by atoms with E-state index in [4.69, 9.17) is 0 Å². The molecule has 0 atom stereocenters. The lowest BCUT2D eigenvalue weighted by atomic mass is 10.1. The molecule has 1 heterocycles. The number of aromatic nitrogens is 1. The van der Waals surface area contributed by atoms with E-state index in [9.17, 15) is 20.2 Å². The zero-order chi connectivity index (χ0) is 20.8. The van der Waals surface area contributed by atoms with Gasteiger partial charge in [0, 0.05) is 18.8 Å². The van der Waals surface area contributed by atoms with Crippen molar-refractivity contribution in [2.45, 2.75) is 0 Å². The molecule has 1 N–H and O–H groups in total. The lowest BCUT2D eigenvalue weighted by Gasteiger charge is -2.02. The summed E-state index contributed by atoms with van der Waals surface area (Å²) in [4.78, 5) is 20.8. The number of benzene rings is 2. The highest BCUT2D eigenvalue weighted by Crippen LogP contribution is 2.26. The Morgan fingerprint density at radius 1 is 0.931 bits per heavy atom. The minimum Gasteiger partial charge on any atom is -0.343 e. The Balaban J connectivity index is 1.78. The van der Waals surface area contributed by atoms with Gasteiger partial charge in [-0.1, -0.05) is 18.2 Å². The second-order valence-corrected chi connectivity index (χ2v) is 6.07. The molecule has 0 aliphatic rings. The molecule has 0 amide bonds. The summed E-state index contributed by atoms with van der Waals surface area (Å²) in [5.41, 5.74) is 5.05. The molecular formula is C20H17N5O4. The Morgan fingerprint density at radius 2 is 1.66 bits per heavy atom. The van der Waals surface area contributed by atoms with Crippen LogP contribution in [0.15, 0.2) is 65.8 Å². The van der Waals surface area contributed by atoms with Crippen molar-refractivity contribution in [3.8, 4) is 0 Å². The number of nitrogens with zero attached hydrogens (tertiary/aromatic N) is 4. The van der Waals surface area contributed by atoms with Crippen molar-refractivity contribution in [1.29, 1.82) is 0 Å². The second-order valence-electron chi connectivity index (χ2n) is 6.07. The van der Waals surface area contributed by atoms with Gasteiger partial charge in [-0.3, -0.25) is 25.7 Å². The van der Waals surface area contributed by atoms with Crippen LogP contribution in [0.2, 0.25) is 0 Å². The van der Waals surface area contributed by atoms with Gasteiger partial charge in [-0.15, -0.1) is 0 Å². The van der Waals surface area contributed by atoms with Gasteiger partial charge in [0.25, 0.3) is 11.4 Å². The highest BCUT2D eigenvalue weighted by molar-refractivity contribution is 5.81. The third-order valence-electron chi connectivity index (χ3n) is 4.22. The molecule has 0 radical (unpaired) electrons. The number of non-ortho nitro benzene ring substituents is 1. The van der Waals surface area contributed by atoms with E-state index in [2.05, 4.69) is 10.5 Å². The molecule has 3 rings (SSSR count). The largest absolute Gasteiger partial charge is 0.343 e. The smallest absolute Gasteiger partial charge is 0.283 e. The quantitative estimate of drug-likeness (QED) is 0.363. The number of rotatable bonds is 7. The first-order valence-electron chi connectivity index (χ1n) is 8.56. The third kappa shape index (κ3) is 4.72. The molecule has 9 nitrogen and oxygen atoms in total. The minimum atomic E-state index is -0.660. The Bertz CT molecular complexity index is 1100. The van der Waals surface area contributed by atoms with E-state index in [0.717, 1.165) is 23.1 Å². The van der Waals surface area contributed by atoms with Crippen LogP contribution in [0.25, 0.3) is 12.2 Å². The van der Waals surface area contributed by atoms with Crippen molar-refractivity contribution in [2.24, 2.45) is 12.1 Å². The minimum absolute atomic E-state index is 0.280. The van der Waals surface area contributed by atoms with Gasteiger partial charge in [-0.25, -0.2) is 0 Å². The molecule has 9 heteroatoms. The fraction of sp³-hybridized carbons (Fsp3) is 0.0500. The highest BCUT2D eigenvalue weighted by atomic mass is 16.6. The van der Waals surface area contributed by atoms with Crippen molar-refractivity contribution in [2.75, 3.05) is 5.43 Å². The van der Waals surface area contributed by atoms with E-state index in [-0.39, 0.29) is 16.9 Å². The Labute approximate surface area is 165 Å². The summed E-state index contributed by atoms with van der Waals surface area (Å²) in [7, 11) is 1.84. The number of hydrogen-bond donors (Lipinski definition) is 1. The summed E-state index contributed by atoms with van der Waals surface area (Å²) in [5, 5.41) is 26.3. The normalized spacial score (nSPS) is 11.2. The SMILES string of the molecule is Cn1c(/C=C/c2ccc([N+](=O)[O-])cc2[N+](=O)[O-])ccc1/C=N/Nc1ccccc1. The maximum absolute atomic E-state index is 11.2. The Morgan fingerprint density at radius 3 is 2.34 bits per heavy atom. The average molecular weight is 391 g/mol. The Kier molecular flexibility index (Phi) is 5.79. The molecule has 0 unspecified atom stereocenters. The molecule has 0 fully saturated rings. The molecule has 0 bridgehead atoms. The molecule has 0 aliphatic heterocycles. The summed E-state index contributed by atoms with van der Waals surface area (Å²) in [6.07, 6.45) is 4.93. The zero-order valence-corrected chi connectivity index (χ0v) is 15.4. The number of anilines is 1. The average Bonchev–Trinajstić information content (AvgIpc) is 3.06. The molecule has 2 aromatic carbocycles. The van der Waals surface area contributed by atoms with Crippen LogP contribution in [0.1, 0.15) is 17.0 Å². The summed E-state index contributed by atoms with van der Waals surface area (Å²) in [6.45, 7) is 0. The van der Waals surface area contributed by atoms with Crippen LogP contribution in [0.3, 0.4) is 0 Å². The standard InChI is InChI=1S/C20H17N5O4/c1-23-17(11-12-19(23)14-21-22-16-5-3-2-4-6-16)9-7-15-8-10-18(24(26)27)13-20(15)25(28)29/h2-14,22H,1H3/b9-7+,21-14+. The fourth-order valence-corrected chi connectivity index (χ4v) is 2.65. The number of hydrogen-bond acceptors (Lipinski definition) is 6. The fourth-order valence-electron chi connectivity index (χ4n) is 2.65. The van der Waals surface area contributed by atoms with Crippen LogP contribution in [0, 0.1) is 20.2 Å². The van der Waals surface area contributed by atoms with Crippen molar-refractivity contribution in [1.82, 2.24) is 4.57 Å². The number of para-hydroxylation sites is 1. The first-order chi connectivity index (χ1) is 14.0. The van der Waals surface area contributed by atoms with Gasteiger partial charge in [0.2, 0.25) is 0 Å². The van der Waals surface area contributed by atoms with Crippen LogP contribution >= 0.6 is 0 Å². The zero-order valence-electron chi connectivity index (χ0n) is 15.4. The number of nitro benzene ring substituents is 2. The number of nitrogens with one attached hydrogen (secondary N) is 1. The van der Waals surface area contributed by atoms with Crippen LogP contribution < -0.4 is 5.43 Å². The van der Waals surface area contributed by atoms with Crippen LogP contribution in [0.4, 0.5) is 17.1 Å². The molecule has 0 saturated heterocycles. The van der Waals surface area contributed by atoms with Gasteiger partial charge >= 0.3 is 0 Å². The van der Waals surface area contributed by atoms with E-state index in [1.165, 1.54) is 12.1 Å². The molecule has 146 valence electrons. The van der Waals surface area contributed by atoms with E-state index in [1.54, 1.807) is 18.4 Å². The third-order valence-corrected chi connectivity index (χ3v) is 4.22. The first-order valence-corrected chi connectivity index (χ1v) is 8.56. The van der Waals surface area contributed by atoms with E-state index >= 15 is 0 Å². The van der Waals surface area contributed by atoms with E-state index in [0.29, 0.717) is 0 Å². The molecule has 1 aromatic heterocycles. The van der Waals surface area contributed by atoms with Crippen LogP contribution in [0.5, 0.6) is 0 Å². The van der Waals surface area contributed by atoms with Gasteiger partial charge < -0.3 is 4.57 Å². The predicted octanol–water partition coefficient (Wildman–Crippen LogP) is 4.46. The van der Waals surface area contributed by atoms with Gasteiger partial charge in [-0.2, -0.15) is 5.10 Å². The van der Waals surface area contributed by atoms with Crippen molar-refractivity contribution < 1.29 is 9.85 Å². The second kappa shape index (κ2) is 8.61. The van der Waals surface area contributed by atoms with Gasteiger partial charge in [0.05, 0.1) is 39.1 Å². The molecule has 29 heavy (non-hydrogen) atoms. The monoisotopic (exact) mass is 391 g/mol. The molecular weight excluding hydrogens is 374 g/mol. The van der Waals surface area contributed by atoms with Gasteiger partial charge in [0.1, 0.15) is 0 Å². The van der Waals surface area contributed by atoms with Crippen LogP contribution in [-0.4, -0.2) is 20.6 Å². The summed E-state index contributed by atoms with van der Waals surface area (Å²) >= 11 is 0.